The van der Waals surface area contributed by atoms with E-state index in [4.69, 9.17) is 4.74 Å². The van der Waals surface area contributed by atoms with Crippen molar-refractivity contribution in [3.8, 4) is 0 Å². The largest absolute Gasteiger partial charge is 0.444 e. The molecule has 0 bridgehead atoms. The van der Waals surface area contributed by atoms with Gasteiger partial charge in [0.2, 0.25) is 0 Å². The molecule has 2 aromatic rings. The summed E-state index contributed by atoms with van der Waals surface area (Å²) >= 11 is 0. The molecule has 2 heterocycles. The van der Waals surface area contributed by atoms with Crippen molar-refractivity contribution in [3.05, 3.63) is 41.2 Å². The van der Waals surface area contributed by atoms with E-state index in [0.29, 0.717) is 30.9 Å². The Labute approximate surface area is 171 Å². The normalized spacial score (nSPS) is 13.7. The second-order valence-electron chi connectivity index (χ2n) is 8.45. The average molecular weight is 399 g/mol. The van der Waals surface area contributed by atoms with Gasteiger partial charge in [-0.3, -0.25) is 9.48 Å². The Morgan fingerprint density at radius 1 is 1.24 bits per heavy atom. The van der Waals surface area contributed by atoms with Crippen molar-refractivity contribution < 1.29 is 14.3 Å². The molecule has 1 aliphatic heterocycles. The molecule has 1 aromatic heterocycles. The molecule has 8 heteroatoms. The number of hydrogen-bond acceptors (Lipinski definition) is 5. The Balaban J connectivity index is 1.81. The standard InChI is InChI=1S/C21H29N5O3/c1-21(2,3)29-20(28)26-11-10-17-16(13-26)18(23-25(17)6)19(27)22-14-8-7-9-15(12-14)24(4)5/h7-9,12H,10-11,13H2,1-6H3,(H,22,27). The summed E-state index contributed by atoms with van der Waals surface area (Å²) in [4.78, 5) is 29.0. The molecule has 29 heavy (non-hydrogen) atoms. The summed E-state index contributed by atoms with van der Waals surface area (Å²) in [5.74, 6) is -0.288. The number of amides is 2. The highest BCUT2D eigenvalue weighted by Crippen LogP contribution is 2.25. The maximum Gasteiger partial charge on any atom is 0.410 e. The second-order valence-corrected chi connectivity index (χ2v) is 8.45. The zero-order valence-corrected chi connectivity index (χ0v) is 17.9. The number of hydrogen-bond donors (Lipinski definition) is 1. The highest BCUT2D eigenvalue weighted by Gasteiger charge is 2.31. The number of aromatic nitrogens is 2. The van der Waals surface area contributed by atoms with Gasteiger partial charge < -0.3 is 19.9 Å². The van der Waals surface area contributed by atoms with Crippen LogP contribution in [0.4, 0.5) is 16.2 Å². The number of ether oxygens (including phenoxy) is 1. The minimum absolute atomic E-state index is 0.288. The predicted molar refractivity (Wildman–Crippen MR) is 112 cm³/mol. The topological polar surface area (TPSA) is 79.7 Å². The minimum Gasteiger partial charge on any atom is -0.444 e. The third-order valence-corrected chi connectivity index (χ3v) is 4.73. The summed E-state index contributed by atoms with van der Waals surface area (Å²) in [6.45, 7) is 6.35. The first-order chi connectivity index (χ1) is 13.5. The van der Waals surface area contributed by atoms with Gasteiger partial charge in [0.05, 0.1) is 6.54 Å². The summed E-state index contributed by atoms with van der Waals surface area (Å²) < 4.78 is 7.21. The van der Waals surface area contributed by atoms with Crippen molar-refractivity contribution in [3.63, 3.8) is 0 Å². The lowest BCUT2D eigenvalue weighted by molar-refractivity contribution is 0.0222. The predicted octanol–water partition coefficient (Wildman–Crippen LogP) is 3.03. The van der Waals surface area contributed by atoms with Gasteiger partial charge in [-0.1, -0.05) is 6.07 Å². The Morgan fingerprint density at radius 2 is 1.97 bits per heavy atom. The molecular weight excluding hydrogens is 370 g/mol. The van der Waals surface area contributed by atoms with Crippen LogP contribution in [0, 0.1) is 0 Å². The number of anilines is 2. The van der Waals surface area contributed by atoms with E-state index in [1.807, 2.05) is 71.1 Å². The number of benzene rings is 1. The molecule has 3 rings (SSSR count). The van der Waals surface area contributed by atoms with Gasteiger partial charge in [-0.2, -0.15) is 5.10 Å². The van der Waals surface area contributed by atoms with Crippen molar-refractivity contribution >= 4 is 23.4 Å². The van der Waals surface area contributed by atoms with E-state index in [1.54, 1.807) is 9.58 Å². The number of nitrogens with zero attached hydrogens (tertiary/aromatic N) is 4. The van der Waals surface area contributed by atoms with Crippen LogP contribution in [0.25, 0.3) is 0 Å². The fourth-order valence-corrected chi connectivity index (χ4v) is 3.31. The SMILES string of the molecule is CN(C)c1cccc(NC(=O)c2nn(C)c3c2CN(C(=O)OC(C)(C)C)CC3)c1. The van der Waals surface area contributed by atoms with Gasteiger partial charge in [-0.15, -0.1) is 0 Å². The lowest BCUT2D eigenvalue weighted by Gasteiger charge is -2.30. The van der Waals surface area contributed by atoms with Gasteiger partial charge in [0.15, 0.2) is 5.69 Å². The van der Waals surface area contributed by atoms with Crippen LogP contribution in [-0.4, -0.2) is 52.9 Å². The minimum atomic E-state index is -0.566. The van der Waals surface area contributed by atoms with E-state index >= 15 is 0 Å². The molecule has 0 atom stereocenters. The van der Waals surface area contributed by atoms with Crippen LogP contribution >= 0.6 is 0 Å². The Kier molecular flexibility index (Phi) is 5.55. The van der Waals surface area contributed by atoms with E-state index in [-0.39, 0.29) is 12.0 Å². The second kappa shape index (κ2) is 7.77. The number of carbonyl (C=O) groups excluding carboxylic acids is 2. The van der Waals surface area contributed by atoms with Crippen molar-refractivity contribution in [2.75, 3.05) is 30.9 Å². The first kappa shape index (κ1) is 20.7. The van der Waals surface area contributed by atoms with Crippen LogP contribution in [0.3, 0.4) is 0 Å². The van der Waals surface area contributed by atoms with Crippen LogP contribution in [0.5, 0.6) is 0 Å². The molecule has 1 aromatic carbocycles. The summed E-state index contributed by atoms with van der Waals surface area (Å²) in [5, 5.41) is 7.35. The smallest absolute Gasteiger partial charge is 0.410 e. The van der Waals surface area contributed by atoms with E-state index in [2.05, 4.69) is 10.4 Å². The van der Waals surface area contributed by atoms with Gasteiger partial charge in [-0.05, 0) is 39.0 Å². The molecule has 0 saturated carbocycles. The Bertz CT molecular complexity index is 927. The lowest BCUT2D eigenvalue weighted by atomic mass is 10.0. The third-order valence-electron chi connectivity index (χ3n) is 4.73. The molecular formula is C21H29N5O3. The maximum absolute atomic E-state index is 13.0. The fourth-order valence-electron chi connectivity index (χ4n) is 3.31. The number of nitrogens with one attached hydrogen (secondary N) is 1. The molecule has 0 saturated heterocycles. The summed E-state index contributed by atoms with van der Waals surface area (Å²) in [7, 11) is 5.72. The first-order valence-electron chi connectivity index (χ1n) is 9.66. The fraction of sp³-hybridized carbons (Fsp3) is 0.476. The molecule has 0 radical (unpaired) electrons. The highest BCUT2D eigenvalue weighted by molar-refractivity contribution is 6.04. The molecule has 8 nitrogen and oxygen atoms in total. The summed E-state index contributed by atoms with van der Waals surface area (Å²) in [5.41, 5.74) is 3.19. The van der Waals surface area contributed by atoms with E-state index in [0.717, 1.165) is 16.9 Å². The molecule has 1 aliphatic rings. The van der Waals surface area contributed by atoms with Crippen molar-refractivity contribution in [2.45, 2.75) is 39.3 Å². The van der Waals surface area contributed by atoms with Crippen molar-refractivity contribution in [1.82, 2.24) is 14.7 Å². The van der Waals surface area contributed by atoms with Crippen LogP contribution in [0.15, 0.2) is 24.3 Å². The van der Waals surface area contributed by atoms with Crippen LogP contribution in [0.1, 0.15) is 42.5 Å². The number of carbonyl (C=O) groups is 2. The molecule has 0 unspecified atom stereocenters. The van der Waals surface area contributed by atoms with Crippen molar-refractivity contribution in [1.29, 1.82) is 0 Å². The maximum atomic E-state index is 13.0. The van der Waals surface area contributed by atoms with E-state index in [1.165, 1.54) is 0 Å². The van der Waals surface area contributed by atoms with Crippen molar-refractivity contribution in [2.24, 2.45) is 7.05 Å². The van der Waals surface area contributed by atoms with Crippen LogP contribution < -0.4 is 10.2 Å². The summed E-state index contributed by atoms with van der Waals surface area (Å²) in [6.07, 6.45) is 0.249. The quantitative estimate of drug-likeness (QED) is 0.858. The van der Waals surface area contributed by atoms with E-state index in [9.17, 15) is 9.59 Å². The van der Waals surface area contributed by atoms with Gasteiger partial charge in [0.1, 0.15) is 5.60 Å². The first-order valence-corrected chi connectivity index (χ1v) is 9.66. The molecule has 0 aliphatic carbocycles. The lowest BCUT2D eigenvalue weighted by Crippen LogP contribution is -2.40. The Hall–Kier alpha value is -3.03. The van der Waals surface area contributed by atoms with Gasteiger partial charge >= 0.3 is 6.09 Å². The van der Waals surface area contributed by atoms with Gasteiger partial charge in [-0.25, -0.2) is 4.79 Å². The number of rotatable bonds is 3. The average Bonchev–Trinajstić information content (AvgIpc) is 2.97. The van der Waals surface area contributed by atoms with Crippen LogP contribution in [-0.2, 0) is 24.8 Å². The number of fused-ring (bicyclic) bond motifs is 1. The molecule has 1 N–H and O–H groups in total. The molecule has 0 spiro atoms. The van der Waals surface area contributed by atoms with Crippen LogP contribution in [0.2, 0.25) is 0 Å². The molecule has 2 amide bonds. The van der Waals surface area contributed by atoms with E-state index < -0.39 is 5.60 Å². The summed E-state index contributed by atoms with van der Waals surface area (Å²) in [6, 6.07) is 7.60. The van der Waals surface area contributed by atoms with Gasteiger partial charge in [0.25, 0.3) is 5.91 Å². The number of aryl methyl sites for hydroxylation is 1. The molecule has 156 valence electrons. The Morgan fingerprint density at radius 3 is 2.62 bits per heavy atom. The third kappa shape index (κ3) is 4.70. The zero-order valence-electron chi connectivity index (χ0n) is 17.9. The zero-order chi connectivity index (χ0) is 21.3. The monoisotopic (exact) mass is 399 g/mol. The highest BCUT2D eigenvalue weighted by atomic mass is 16.6. The van der Waals surface area contributed by atoms with Gasteiger partial charge in [0, 0.05) is 56.7 Å². The molecule has 0 fully saturated rings.